The number of anilines is 1. The van der Waals surface area contributed by atoms with Gasteiger partial charge in [0.1, 0.15) is 11.5 Å². The first-order chi connectivity index (χ1) is 14.5. The molecule has 6 heteroatoms. The summed E-state index contributed by atoms with van der Waals surface area (Å²) in [5.74, 6) is 1.58. The fourth-order valence-electron chi connectivity index (χ4n) is 3.79. The van der Waals surface area contributed by atoms with Gasteiger partial charge in [0.05, 0.1) is 68.6 Å². The predicted octanol–water partition coefficient (Wildman–Crippen LogP) is 4.12. The van der Waals surface area contributed by atoms with Crippen molar-refractivity contribution in [3.05, 3.63) is 47.2 Å². The van der Waals surface area contributed by atoms with Crippen LogP contribution in [0.25, 0.3) is 11.1 Å². The molecule has 2 aromatic rings. The molecular weight excluding hydrogens is 390 g/mol. The fraction of sp³-hybridized carbons (Fsp3) is 0.520. The maximum atomic E-state index is 12.8. The molecule has 0 radical (unpaired) electrons. The Labute approximate surface area is 187 Å². The van der Waals surface area contributed by atoms with E-state index < -0.39 is 0 Å². The lowest BCUT2D eigenvalue weighted by Crippen LogP contribution is -2.36. The molecule has 0 amide bonds. The van der Waals surface area contributed by atoms with E-state index in [4.69, 9.17) is 9.47 Å². The Kier molecular flexibility index (Phi) is 7.14. The molecule has 0 N–H and O–H groups in total. The second-order valence-corrected chi connectivity index (χ2v) is 10.5. The van der Waals surface area contributed by atoms with E-state index in [-0.39, 0.29) is 0 Å². The minimum absolute atomic E-state index is 0.323. The molecule has 170 valence electrons. The van der Waals surface area contributed by atoms with E-state index in [2.05, 4.69) is 48.4 Å². The Morgan fingerprint density at radius 1 is 0.774 bits per heavy atom. The van der Waals surface area contributed by atoms with Crippen LogP contribution in [0.4, 0.5) is 5.69 Å². The second kappa shape index (κ2) is 9.47. The molecule has 1 aliphatic heterocycles. The molecule has 0 atom stereocenters. The number of hydroxylamine groups is 1. The summed E-state index contributed by atoms with van der Waals surface area (Å²) in [6, 6.07) is 11.9. The first-order valence-corrected chi connectivity index (χ1v) is 11.1. The molecule has 3 rings (SSSR count). The molecule has 31 heavy (non-hydrogen) atoms. The van der Waals surface area contributed by atoms with Gasteiger partial charge >= 0.3 is 0 Å². The van der Waals surface area contributed by atoms with Crippen LogP contribution in [0.1, 0.15) is 18.4 Å². The van der Waals surface area contributed by atoms with E-state index in [1.165, 1.54) is 0 Å². The SMILES string of the molecule is C[N+](C)(C)CCCOc1ccc2c(c1)CN([O-])c1cc(OCCC[N+](C)(C)C)ccc1-2. The maximum Gasteiger partial charge on any atom is 0.121 e. The summed E-state index contributed by atoms with van der Waals surface area (Å²) >= 11 is 0. The molecule has 0 spiro atoms. The second-order valence-electron chi connectivity index (χ2n) is 10.5. The van der Waals surface area contributed by atoms with Crippen LogP contribution >= 0.6 is 0 Å². The molecular formula is C25H38N3O3+. The zero-order valence-electron chi connectivity index (χ0n) is 20.0. The van der Waals surface area contributed by atoms with E-state index in [9.17, 15) is 5.21 Å². The average molecular weight is 429 g/mol. The fourth-order valence-corrected chi connectivity index (χ4v) is 3.79. The third kappa shape index (κ3) is 6.86. The van der Waals surface area contributed by atoms with Gasteiger partial charge in [0, 0.05) is 36.7 Å². The van der Waals surface area contributed by atoms with Crippen LogP contribution in [0.15, 0.2) is 36.4 Å². The summed E-state index contributed by atoms with van der Waals surface area (Å²) in [4.78, 5) is 0. The summed E-state index contributed by atoms with van der Waals surface area (Å²) in [5, 5.41) is 13.8. The van der Waals surface area contributed by atoms with E-state index in [1.54, 1.807) is 0 Å². The first kappa shape index (κ1) is 23.4. The van der Waals surface area contributed by atoms with Crippen LogP contribution in [-0.4, -0.2) is 77.6 Å². The van der Waals surface area contributed by atoms with Crippen molar-refractivity contribution in [3.63, 3.8) is 0 Å². The highest BCUT2D eigenvalue weighted by atomic mass is 16.5. The van der Waals surface area contributed by atoms with Crippen LogP contribution in [0.3, 0.4) is 0 Å². The highest BCUT2D eigenvalue weighted by Gasteiger charge is 2.19. The van der Waals surface area contributed by atoms with Gasteiger partial charge in [-0.05, 0) is 35.4 Å². The normalized spacial score (nSPS) is 13.6. The largest absolute Gasteiger partial charge is 0.758 e. The molecule has 6 nitrogen and oxygen atoms in total. The van der Waals surface area contributed by atoms with Crippen LogP contribution in [0.5, 0.6) is 11.5 Å². The van der Waals surface area contributed by atoms with Gasteiger partial charge in [-0.1, -0.05) is 6.07 Å². The van der Waals surface area contributed by atoms with Gasteiger partial charge in [0.15, 0.2) is 0 Å². The van der Waals surface area contributed by atoms with Crippen LogP contribution in [-0.2, 0) is 6.54 Å². The van der Waals surface area contributed by atoms with Crippen molar-refractivity contribution in [2.75, 3.05) is 73.7 Å². The standard InChI is InChI=1S/C25H38N3O3/c1-27(2,3)13-7-15-30-21-9-11-23-20(17-21)19-26(29)25-18-22(10-12-24(23)25)31-16-8-14-28(4,5)6/h9-12,17-18H,7-8,13-16,19H2,1-6H3/q+1. The molecule has 1 heterocycles. The molecule has 0 bridgehead atoms. The van der Waals surface area contributed by atoms with Crippen molar-refractivity contribution in [2.45, 2.75) is 19.4 Å². The zero-order valence-corrected chi connectivity index (χ0v) is 20.0. The number of fused-ring (bicyclic) bond motifs is 3. The van der Waals surface area contributed by atoms with Crippen molar-refractivity contribution in [3.8, 4) is 22.6 Å². The number of hydrogen-bond acceptors (Lipinski definition) is 4. The van der Waals surface area contributed by atoms with Gasteiger partial charge in [-0.25, -0.2) is 0 Å². The van der Waals surface area contributed by atoms with Crippen molar-refractivity contribution in [1.82, 2.24) is 0 Å². The van der Waals surface area contributed by atoms with E-state index >= 15 is 0 Å². The predicted molar refractivity (Wildman–Crippen MR) is 127 cm³/mol. The zero-order chi connectivity index (χ0) is 22.6. The Hall–Kier alpha value is -2.28. The number of quaternary nitrogens is 2. The summed E-state index contributed by atoms with van der Waals surface area (Å²) < 4.78 is 13.7. The lowest BCUT2D eigenvalue weighted by atomic mass is 9.94. The van der Waals surface area contributed by atoms with Crippen molar-refractivity contribution < 1.29 is 18.4 Å². The summed E-state index contributed by atoms with van der Waals surface area (Å²) in [5.41, 5.74) is 3.72. The molecule has 0 saturated carbocycles. The van der Waals surface area contributed by atoms with Crippen LogP contribution < -0.4 is 14.5 Å². The molecule has 0 aliphatic carbocycles. The molecule has 0 fully saturated rings. The quantitative estimate of drug-likeness (QED) is 0.422. The van der Waals surface area contributed by atoms with Crippen LogP contribution in [0.2, 0.25) is 0 Å². The van der Waals surface area contributed by atoms with E-state index in [0.29, 0.717) is 25.4 Å². The Morgan fingerprint density at radius 2 is 1.29 bits per heavy atom. The van der Waals surface area contributed by atoms with Crippen molar-refractivity contribution in [2.24, 2.45) is 0 Å². The number of benzene rings is 2. The monoisotopic (exact) mass is 428 g/mol. The van der Waals surface area contributed by atoms with Gasteiger partial charge in [0.25, 0.3) is 0 Å². The minimum atomic E-state index is 0.323. The van der Waals surface area contributed by atoms with E-state index in [0.717, 1.165) is 68.1 Å². The number of ether oxygens (including phenoxy) is 2. The maximum absolute atomic E-state index is 12.8. The van der Waals surface area contributed by atoms with Crippen molar-refractivity contribution >= 4 is 5.69 Å². The Bertz CT molecular complexity index is 885. The summed E-state index contributed by atoms with van der Waals surface area (Å²) in [6.07, 6.45) is 1.97. The highest BCUT2D eigenvalue weighted by Crippen LogP contribution is 2.41. The van der Waals surface area contributed by atoms with Gasteiger partial charge in [-0.2, -0.15) is 0 Å². The molecule has 0 unspecified atom stereocenters. The lowest BCUT2D eigenvalue weighted by molar-refractivity contribution is -0.870. The topological polar surface area (TPSA) is 44.8 Å². The van der Waals surface area contributed by atoms with E-state index in [1.807, 2.05) is 30.3 Å². The molecule has 0 saturated heterocycles. The number of nitrogens with zero attached hydrogens (tertiary/aromatic N) is 3. The van der Waals surface area contributed by atoms with Gasteiger partial charge in [-0.15, -0.1) is 0 Å². The lowest BCUT2D eigenvalue weighted by Gasteiger charge is -2.38. The van der Waals surface area contributed by atoms with Gasteiger partial charge in [0.2, 0.25) is 0 Å². The smallest absolute Gasteiger partial charge is 0.121 e. The number of rotatable bonds is 10. The van der Waals surface area contributed by atoms with Crippen LogP contribution in [0, 0.1) is 5.21 Å². The first-order valence-electron chi connectivity index (χ1n) is 11.1. The molecule has 2 aromatic carbocycles. The van der Waals surface area contributed by atoms with Gasteiger partial charge in [-0.3, -0.25) is 0 Å². The third-order valence-electron chi connectivity index (χ3n) is 5.40. The number of hydrogen-bond donors (Lipinski definition) is 0. The van der Waals surface area contributed by atoms with Gasteiger partial charge < -0.3 is 28.7 Å². The highest BCUT2D eigenvalue weighted by molar-refractivity contribution is 5.85. The Balaban J connectivity index is 1.65. The molecule has 0 aromatic heterocycles. The summed E-state index contributed by atoms with van der Waals surface area (Å²) in [6.45, 7) is 3.76. The minimum Gasteiger partial charge on any atom is -0.758 e. The third-order valence-corrected chi connectivity index (χ3v) is 5.40. The van der Waals surface area contributed by atoms with Crippen molar-refractivity contribution in [1.29, 1.82) is 0 Å². The molecule has 1 aliphatic rings. The summed E-state index contributed by atoms with van der Waals surface area (Å²) in [7, 11) is 13.1. The Morgan fingerprint density at radius 3 is 1.84 bits per heavy atom. The average Bonchev–Trinajstić information content (AvgIpc) is 2.67.